The third kappa shape index (κ3) is 3.18. The van der Waals surface area contributed by atoms with Crippen LogP contribution in [0.4, 0.5) is 4.79 Å². The highest BCUT2D eigenvalue weighted by Gasteiger charge is 2.40. The molecule has 0 saturated carbocycles. The Hall–Kier alpha value is -3.15. The summed E-state index contributed by atoms with van der Waals surface area (Å²) in [6.07, 6.45) is 0.766. The van der Waals surface area contributed by atoms with Gasteiger partial charge in [0, 0.05) is 19.6 Å². The topological polar surface area (TPSA) is 60.9 Å². The summed E-state index contributed by atoms with van der Waals surface area (Å²) < 4.78 is 0. The Morgan fingerprint density at radius 2 is 1.55 bits per heavy atom. The van der Waals surface area contributed by atoms with Crippen molar-refractivity contribution in [2.75, 3.05) is 26.2 Å². The molecular weight excluding hydrogens is 366 g/mol. The van der Waals surface area contributed by atoms with Crippen molar-refractivity contribution in [3.05, 3.63) is 70.8 Å². The van der Waals surface area contributed by atoms with Crippen molar-refractivity contribution in [2.24, 2.45) is 0 Å². The van der Waals surface area contributed by atoms with E-state index in [1.54, 1.807) is 29.2 Å². The minimum Gasteiger partial charge on any atom is -0.325 e. The van der Waals surface area contributed by atoms with Crippen LogP contribution in [0.5, 0.6) is 0 Å². The molecule has 0 radical (unpaired) electrons. The van der Waals surface area contributed by atoms with E-state index >= 15 is 0 Å². The summed E-state index contributed by atoms with van der Waals surface area (Å²) in [4.78, 5) is 43.9. The van der Waals surface area contributed by atoms with Crippen LogP contribution < -0.4 is 0 Å². The first-order valence-electron chi connectivity index (χ1n) is 10.1. The predicted octanol–water partition coefficient (Wildman–Crippen LogP) is 3.34. The highest BCUT2D eigenvalue weighted by Crippen LogP contribution is 2.33. The fourth-order valence-corrected chi connectivity index (χ4v) is 4.33. The Bertz CT molecular complexity index is 932. The molecule has 0 unspecified atom stereocenters. The van der Waals surface area contributed by atoms with E-state index in [9.17, 15) is 14.4 Å². The molecule has 0 spiro atoms. The number of carbonyl (C=O) groups excluding carboxylic acids is 3. The maximum atomic E-state index is 13.2. The molecule has 0 aromatic heterocycles. The largest absolute Gasteiger partial charge is 0.325 e. The second-order valence-corrected chi connectivity index (χ2v) is 7.38. The summed E-state index contributed by atoms with van der Waals surface area (Å²) in [6.45, 7) is 5.88. The summed E-state index contributed by atoms with van der Waals surface area (Å²) >= 11 is 0. The van der Waals surface area contributed by atoms with E-state index in [0.29, 0.717) is 30.8 Å². The van der Waals surface area contributed by atoms with Crippen LogP contribution >= 0.6 is 0 Å². The van der Waals surface area contributed by atoms with Crippen molar-refractivity contribution in [2.45, 2.75) is 26.3 Å². The van der Waals surface area contributed by atoms with Gasteiger partial charge in [0.1, 0.15) is 0 Å². The molecule has 0 saturated heterocycles. The van der Waals surface area contributed by atoms with Crippen molar-refractivity contribution in [1.82, 2.24) is 14.7 Å². The fourth-order valence-electron chi connectivity index (χ4n) is 4.33. The lowest BCUT2D eigenvalue weighted by Gasteiger charge is -2.41. The summed E-state index contributed by atoms with van der Waals surface area (Å²) in [6, 6.07) is 14.5. The van der Waals surface area contributed by atoms with Gasteiger partial charge in [0.05, 0.1) is 23.7 Å². The lowest BCUT2D eigenvalue weighted by Crippen LogP contribution is -2.51. The highest BCUT2D eigenvalue weighted by atomic mass is 16.2. The van der Waals surface area contributed by atoms with Crippen LogP contribution in [0.15, 0.2) is 48.5 Å². The van der Waals surface area contributed by atoms with Gasteiger partial charge in [0.15, 0.2) is 0 Å². The minimum absolute atomic E-state index is 0.0499. The molecule has 4 amide bonds. The van der Waals surface area contributed by atoms with E-state index in [1.165, 1.54) is 4.90 Å². The van der Waals surface area contributed by atoms with E-state index in [4.69, 9.17) is 0 Å². The summed E-state index contributed by atoms with van der Waals surface area (Å²) in [5.41, 5.74) is 3.04. The zero-order valence-electron chi connectivity index (χ0n) is 16.8. The smallest absolute Gasteiger partial charge is 0.320 e. The molecule has 150 valence electrons. The van der Waals surface area contributed by atoms with Crippen LogP contribution in [0.1, 0.15) is 51.7 Å². The molecule has 0 N–H and O–H groups in total. The molecule has 0 fully saturated rings. The van der Waals surface area contributed by atoms with Gasteiger partial charge in [-0.15, -0.1) is 0 Å². The first-order chi connectivity index (χ1) is 14.1. The zero-order valence-corrected chi connectivity index (χ0v) is 16.8. The standard InChI is InChI=1S/C23H25N3O3/c1-3-24(4-2)23(29)25-14-13-16-9-5-6-10-17(16)20(25)15-26-21(27)18-11-7-8-12-19(18)22(26)28/h5-12,20H,3-4,13-15H2,1-2H3/t20-/m1/s1. The van der Waals surface area contributed by atoms with Crippen LogP contribution in [0.25, 0.3) is 0 Å². The van der Waals surface area contributed by atoms with E-state index in [0.717, 1.165) is 17.5 Å². The molecule has 2 aliphatic heterocycles. The fraction of sp³-hybridized carbons (Fsp3) is 0.348. The van der Waals surface area contributed by atoms with Crippen LogP contribution in [0, 0.1) is 0 Å². The monoisotopic (exact) mass is 391 g/mol. The van der Waals surface area contributed by atoms with Gasteiger partial charge < -0.3 is 9.80 Å². The van der Waals surface area contributed by atoms with Gasteiger partial charge in [-0.3, -0.25) is 14.5 Å². The van der Waals surface area contributed by atoms with Crippen LogP contribution in [-0.4, -0.2) is 58.7 Å². The number of carbonyl (C=O) groups is 3. The van der Waals surface area contributed by atoms with Crippen LogP contribution in [0.2, 0.25) is 0 Å². The van der Waals surface area contributed by atoms with Gasteiger partial charge in [-0.25, -0.2) is 4.79 Å². The predicted molar refractivity (Wildman–Crippen MR) is 110 cm³/mol. The Morgan fingerprint density at radius 3 is 2.17 bits per heavy atom. The van der Waals surface area contributed by atoms with Crippen molar-refractivity contribution in [3.63, 3.8) is 0 Å². The molecular formula is C23H25N3O3. The molecule has 2 heterocycles. The van der Waals surface area contributed by atoms with Gasteiger partial charge in [-0.05, 0) is 43.5 Å². The molecule has 29 heavy (non-hydrogen) atoms. The van der Waals surface area contributed by atoms with Gasteiger partial charge >= 0.3 is 6.03 Å². The highest BCUT2D eigenvalue weighted by molar-refractivity contribution is 6.21. The number of nitrogens with zero attached hydrogens (tertiary/aromatic N) is 3. The minimum atomic E-state index is -0.352. The van der Waals surface area contributed by atoms with Crippen molar-refractivity contribution in [3.8, 4) is 0 Å². The second kappa shape index (κ2) is 7.70. The van der Waals surface area contributed by atoms with Crippen molar-refractivity contribution < 1.29 is 14.4 Å². The quantitative estimate of drug-likeness (QED) is 0.751. The molecule has 4 rings (SSSR count). The molecule has 0 aliphatic carbocycles. The van der Waals surface area contributed by atoms with E-state index in [2.05, 4.69) is 6.07 Å². The first kappa shape index (κ1) is 19.2. The third-order valence-corrected chi connectivity index (χ3v) is 5.93. The average Bonchev–Trinajstić information content (AvgIpc) is 3.00. The summed E-state index contributed by atoms with van der Waals surface area (Å²) in [5.74, 6) is -0.576. The van der Waals surface area contributed by atoms with Gasteiger partial charge in [0.2, 0.25) is 0 Å². The maximum absolute atomic E-state index is 13.2. The normalized spacial score (nSPS) is 17.9. The van der Waals surface area contributed by atoms with Crippen LogP contribution in [-0.2, 0) is 6.42 Å². The van der Waals surface area contributed by atoms with Crippen molar-refractivity contribution in [1.29, 1.82) is 0 Å². The lowest BCUT2D eigenvalue weighted by molar-refractivity contribution is 0.0581. The molecule has 6 nitrogen and oxygen atoms in total. The molecule has 2 aromatic rings. The number of amides is 4. The van der Waals surface area contributed by atoms with Crippen LogP contribution in [0.3, 0.4) is 0 Å². The number of urea groups is 1. The van der Waals surface area contributed by atoms with E-state index < -0.39 is 0 Å². The number of benzene rings is 2. The van der Waals surface area contributed by atoms with Gasteiger partial charge in [-0.2, -0.15) is 0 Å². The Morgan fingerprint density at radius 1 is 0.966 bits per heavy atom. The molecule has 6 heteroatoms. The summed E-state index contributed by atoms with van der Waals surface area (Å²) in [5, 5.41) is 0. The molecule has 2 aliphatic rings. The number of hydrogen-bond donors (Lipinski definition) is 0. The number of hydrogen-bond acceptors (Lipinski definition) is 3. The number of imide groups is 1. The average molecular weight is 391 g/mol. The SMILES string of the molecule is CCN(CC)C(=O)N1CCc2ccccc2[C@H]1CN1C(=O)c2ccccc2C1=O. The third-order valence-electron chi connectivity index (χ3n) is 5.93. The maximum Gasteiger partial charge on any atom is 0.320 e. The van der Waals surface area contributed by atoms with E-state index in [1.807, 2.05) is 36.9 Å². The Kier molecular flexibility index (Phi) is 5.09. The van der Waals surface area contributed by atoms with Crippen molar-refractivity contribution >= 4 is 17.8 Å². The Balaban J connectivity index is 1.69. The Labute approximate surface area is 170 Å². The number of fused-ring (bicyclic) bond motifs is 2. The lowest BCUT2D eigenvalue weighted by atomic mass is 9.92. The molecule has 2 aromatic carbocycles. The van der Waals surface area contributed by atoms with Gasteiger partial charge in [-0.1, -0.05) is 36.4 Å². The van der Waals surface area contributed by atoms with Gasteiger partial charge in [0.25, 0.3) is 11.8 Å². The van der Waals surface area contributed by atoms with E-state index in [-0.39, 0.29) is 30.4 Å². The second-order valence-electron chi connectivity index (χ2n) is 7.38. The molecule has 1 atom stereocenters. The number of rotatable bonds is 4. The first-order valence-corrected chi connectivity index (χ1v) is 10.1. The molecule has 0 bridgehead atoms. The summed E-state index contributed by atoms with van der Waals surface area (Å²) in [7, 11) is 0. The zero-order chi connectivity index (χ0) is 20.5.